The van der Waals surface area contributed by atoms with Gasteiger partial charge in [-0.2, -0.15) is 26.3 Å². The minimum atomic E-state index is -5.04. The Kier molecular flexibility index (Phi) is 6.59. The van der Waals surface area contributed by atoms with Crippen LogP contribution in [0.4, 0.5) is 26.3 Å². The summed E-state index contributed by atoms with van der Waals surface area (Å²) in [5, 5.41) is 0. The molecule has 0 bridgehead atoms. The van der Waals surface area contributed by atoms with E-state index in [2.05, 4.69) is 0 Å². The van der Waals surface area contributed by atoms with E-state index in [9.17, 15) is 31.1 Å². The molecular weight excluding hydrogens is 345 g/mol. The van der Waals surface area contributed by atoms with Gasteiger partial charge < -0.3 is 4.74 Å². The first-order chi connectivity index (χ1) is 10.5. The lowest BCUT2D eigenvalue weighted by molar-refractivity contribution is -0.143. The summed E-state index contributed by atoms with van der Waals surface area (Å²) in [5.74, 6) is 0. The van der Waals surface area contributed by atoms with Gasteiger partial charge in [0.25, 0.3) is 0 Å². The molecule has 0 aliphatic heterocycles. The SMILES string of the molecule is CCC(CPC(=O)c1c(C(F)(F)F)cccc1C(F)(F)F)OC. The third kappa shape index (κ3) is 5.18. The van der Waals surface area contributed by atoms with Crippen molar-refractivity contribution in [3.05, 3.63) is 34.9 Å². The van der Waals surface area contributed by atoms with Crippen molar-refractivity contribution in [1.82, 2.24) is 0 Å². The lowest BCUT2D eigenvalue weighted by Crippen LogP contribution is -2.19. The maximum atomic E-state index is 13.0. The minimum absolute atomic E-state index is 0.0787. The molecule has 130 valence electrons. The van der Waals surface area contributed by atoms with Crippen LogP contribution in [0.1, 0.15) is 34.8 Å². The van der Waals surface area contributed by atoms with Crippen LogP contribution >= 0.6 is 8.58 Å². The number of benzene rings is 1. The van der Waals surface area contributed by atoms with Gasteiger partial charge in [-0.25, -0.2) is 0 Å². The van der Waals surface area contributed by atoms with Crippen molar-refractivity contribution in [2.45, 2.75) is 31.8 Å². The molecule has 0 fully saturated rings. The molecule has 1 aromatic rings. The zero-order chi connectivity index (χ0) is 17.8. The highest BCUT2D eigenvalue weighted by molar-refractivity contribution is 7.58. The van der Waals surface area contributed by atoms with Crippen molar-refractivity contribution in [2.75, 3.05) is 13.3 Å². The van der Waals surface area contributed by atoms with E-state index in [4.69, 9.17) is 4.74 Å². The summed E-state index contributed by atoms with van der Waals surface area (Å²) >= 11 is 0. The van der Waals surface area contributed by atoms with Crippen molar-refractivity contribution in [3.63, 3.8) is 0 Å². The molecule has 0 amide bonds. The van der Waals surface area contributed by atoms with E-state index >= 15 is 0 Å². The van der Waals surface area contributed by atoms with Gasteiger partial charge in [0.1, 0.15) is 0 Å². The largest absolute Gasteiger partial charge is 0.417 e. The summed E-state index contributed by atoms with van der Waals surface area (Å²) in [4.78, 5) is 12.1. The Morgan fingerprint density at radius 3 is 1.96 bits per heavy atom. The number of hydrogen-bond donors (Lipinski definition) is 0. The Morgan fingerprint density at radius 1 is 1.13 bits per heavy atom. The molecule has 0 saturated heterocycles. The highest BCUT2D eigenvalue weighted by Gasteiger charge is 2.42. The molecular formula is C14H15F6O2P. The van der Waals surface area contributed by atoms with Crippen LogP contribution < -0.4 is 0 Å². The predicted octanol–water partition coefficient (Wildman–Crippen LogP) is 4.97. The van der Waals surface area contributed by atoms with Crippen LogP contribution in [0, 0.1) is 0 Å². The number of halogens is 6. The molecule has 0 aliphatic rings. The molecule has 1 rings (SSSR count). The molecule has 0 radical (unpaired) electrons. The number of alkyl halides is 6. The second kappa shape index (κ2) is 7.62. The van der Waals surface area contributed by atoms with E-state index in [0.717, 1.165) is 0 Å². The zero-order valence-electron chi connectivity index (χ0n) is 12.3. The molecule has 23 heavy (non-hydrogen) atoms. The lowest BCUT2D eigenvalue weighted by Gasteiger charge is -2.18. The highest BCUT2D eigenvalue weighted by Crippen LogP contribution is 2.41. The number of hydrogen-bond acceptors (Lipinski definition) is 2. The van der Waals surface area contributed by atoms with Gasteiger partial charge in [0.2, 0.25) is 0 Å². The van der Waals surface area contributed by atoms with Crippen LogP contribution in [0.2, 0.25) is 0 Å². The molecule has 0 saturated carbocycles. The Hall–Kier alpha value is -1.14. The summed E-state index contributed by atoms with van der Waals surface area (Å²) in [7, 11) is 0.633. The lowest BCUT2D eigenvalue weighted by atomic mass is 10.0. The molecule has 1 aromatic carbocycles. The molecule has 0 N–H and O–H groups in total. The number of carbonyl (C=O) groups excluding carboxylic acids is 1. The smallest absolute Gasteiger partial charge is 0.381 e. The maximum absolute atomic E-state index is 13.0. The quantitative estimate of drug-likeness (QED) is 0.529. The summed E-state index contributed by atoms with van der Waals surface area (Å²) in [5.41, 5.74) is -5.59. The minimum Gasteiger partial charge on any atom is -0.381 e. The van der Waals surface area contributed by atoms with Crippen molar-refractivity contribution in [1.29, 1.82) is 0 Å². The van der Waals surface area contributed by atoms with E-state index in [1.165, 1.54) is 7.11 Å². The normalized spacial score (nSPS) is 14.4. The monoisotopic (exact) mass is 360 g/mol. The Morgan fingerprint density at radius 2 is 1.61 bits per heavy atom. The van der Waals surface area contributed by atoms with Gasteiger partial charge in [0, 0.05) is 12.7 Å². The summed E-state index contributed by atoms with van der Waals surface area (Å²) in [6.45, 7) is 1.74. The average Bonchev–Trinajstić information content (AvgIpc) is 2.45. The maximum Gasteiger partial charge on any atom is 0.417 e. The standard InChI is InChI=1S/C14H15F6O2P/c1-3-8(22-2)7-23-12(21)11-9(13(15,16)17)5-4-6-10(11)14(18,19)20/h4-6,8,23H,3,7H2,1-2H3. The van der Waals surface area contributed by atoms with Gasteiger partial charge in [-0.15, -0.1) is 0 Å². The molecule has 0 heterocycles. The fourth-order valence-corrected chi connectivity index (χ4v) is 3.27. The van der Waals surface area contributed by atoms with Crippen molar-refractivity contribution < 1.29 is 35.9 Å². The van der Waals surface area contributed by atoms with Crippen LogP contribution in [-0.2, 0) is 17.1 Å². The number of rotatable bonds is 6. The van der Waals surface area contributed by atoms with Crippen LogP contribution in [0.25, 0.3) is 0 Å². The Balaban J connectivity index is 3.28. The van der Waals surface area contributed by atoms with E-state index in [0.29, 0.717) is 24.6 Å². The van der Waals surface area contributed by atoms with Crippen LogP contribution in [-0.4, -0.2) is 24.9 Å². The fraction of sp³-hybridized carbons (Fsp3) is 0.500. The van der Waals surface area contributed by atoms with Crippen LogP contribution in [0.3, 0.4) is 0 Å². The van der Waals surface area contributed by atoms with Gasteiger partial charge in [-0.05, 0) is 33.3 Å². The fourth-order valence-electron chi connectivity index (χ4n) is 1.96. The number of ether oxygens (including phenoxy) is 1. The second-order valence-corrected chi connectivity index (χ2v) is 5.92. The third-order valence-electron chi connectivity index (χ3n) is 3.18. The molecule has 9 heteroatoms. The van der Waals surface area contributed by atoms with Gasteiger partial charge in [0.05, 0.1) is 17.2 Å². The van der Waals surface area contributed by atoms with Crippen molar-refractivity contribution >= 4 is 14.1 Å². The molecule has 0 spiro atoms. The van der Waals surface area contributed by atoms with E-state index in [1.54, 1.807) is 6.92 Å². The zero-order valence-corrected chi connectivity index (χ0v) is 13.3. The Labute approximate surface area is 131 Å². The third-order valence-corrected chi connectivity index (χ3v) is 4.41. The predicted molar refractivity (Wildman–Crippen MR) is 75.0 cm³/mol. The van der Waals surface area contributed by atoms with Gasteiger partial charge >= 0.3 is 12.4 Å². The van der Waals surface area contributed by atoms with Gasteiger partial charge in [-0.1, -0.05) is 13.0 Å². The first kappa shape index (κ1) is 19.9. The molecule has 0 aliphatic carbocycles. The summed E-state index contributed by atoms with van der Waals surface area (Å²) < 4.78 is 82.8. The van der Waals surface area contributed by atoms with Gasteiger partial charge in [0.15, 0.2) is 5.52 Å². The van der Waals surface area contributed by atoms with E-state index in [1.807, 2.05) is 0 Å². The van der Waals surface area contributed by atoms with Crippen molar-refractivity contribution in [3.8, 4) is 0 Å². The first-order valence-electron chi connectivity index (χ1n) is 6.60. The summed E-state index contributed by atoms with van der Waals surface area (Å²) in [6.07, 6.45) is -9.88. The molecule has 2 unspecified atom stereocenters. The average molecular weight is 360 g/mol. The highest BCUT2D eigenvalue weighted by atomic mass is 31.1. The van der Waals surface area contributed by atoms with Gasteiger partial charge in [-0.3, -0.25) is 4.79 Å². The number of carbonyl (C=O) groups is 1. The van der Waals surface area contributed by atoms with Crippen molar-refractivity contribution in [2.24, 2.45) is 0 Å². The van der Waals surface area contributed by atoms with Crippen LogP contribution in [0.15, 0.2) is 18.2 Å². The van der Waals surface area contributed by atoms with E-state index in [-0.39, 0.29) is 12.3 Å². The molecule has 2 atom stereocenters. The van der Waals surface area contributed by atoms with Crippen LogP contribution in [0.5, 0.6) is 0 Å². The first-order valence-corrected chi connectivity index (χ1v) is 7.81. The molecule has 0 aromatic heterocycles. The Bertz CT molecular complexity index is 517. The summed E-state index contributed by atoms with van der Waals surface area (Å²) in [6, 6.07) is 1.62. The number of methoxy groups -OCH3 is 1. The topological polar surface area (TPSA) is 26.3 Å². The second-order valence-electron chi connectivity index (χ2n) is 4.70. The van der Waals surface area contributed by atoms with E-state index < -0.39 is 43.1 Å². The molecule has 2 nitrogen and oxygen atoms in total.